The Morgan fingerprint density at radius 2 is 1.89 bits per heavy atom. The molecule has 1 N–H and O–H groups in total. The molecule has 0 aromatic heterocycles. The number of nitrogens with zero attached hydrogens (tertiary/aromatic N) is 1. The largest absolute Gasteiger partial charge is 0.490 e. The van der Waals surface area contributed by atoms with Crippen molar-refractivity contribution in [3.63, 3.8) is 0 Å². The lowest BCUT2D eigenvalue weighted by Gasteiger charge is -2.12. The van der Waals surface area contributed by atoms with Gasteiger partial charge in [0.2, 0.25) is 15.9 Å². The van der Waals surface area contributed by atoms with Gasteiger partial charge in [0.15, 0.2) is 0 Å². The maximum absolute atomic E-state index is 12.2. The number of carbonyl (C=O) groups is 1. The lowest BCUT2D eigenvalue weighted by atomic mass is 10.2. The van der Waals surface area contributed by atoms with Crippen LogP contribution in [-0.4, -0.2) is 39.3 Å². The van der Waals surface area contributed by atoms with E-state index in [4.69, 9.17) is 4.74 Å². The van der Waals surface area contributed by atoms with Crippen molar-refractivity contribution in [3.05, 3.63) is 72.8 Å². The van der Waals surface area contributed by atoms with Crippen LogP contribution in [0.15, 0.2) is 72.2 Å². The summed E-state index contributed by atoms with van der Waals surface area (Å²) in [5.74, 6) is 0.358. The number of hydrogen-bond donors (Lipinski definition) is 1. The van der Waals surface area contributed by atoms with E-state index in [1.807, 2.05) is 12.1 Å². The van der Waals surface area contributed by atoms with Crippen molar-refractivity contribution in [2.24, 2.45) is 0 Å². The van der Waals surface area contributed by atoms with E-state index in [1.165, 1.54) is 32.3 Å². The standard InChI is InChI=1S/C20H22N2O4S/c1-4-14-26-18-11-8-16(9-12-18)10-13-20(23)21-17-6-5-7-19(15-17)27(24,25)22(2)3/h4-13,15H,1,14H2,2-3H3,(H,21,23)/b13-10+. The van der Waals surface area contributed by atoms with Crippen molar-refractivity contribution in [2.45, 2.75) is 4.90 Å². The van der Waals surface area contributed by atoms with Gasteiger partial charge in [-0.25, -0.2) is 12.7 Å². The van der Waals surface area contributed by atoms with Crippen molar-refractivity contribution in [1.82, 2.24) is 4.31 Å². The topological polar surface area (TPSA) is 75.7 Å². The average molecular weight is 386 g/mol. The van der Waals surface area contributed by atoms with Gasteiger partial charge >= 0.3 is 0 Å². The normalized spacial score (nSPS) is 11.5. The van der Waals surface area contributed by atoms with E-state index in [0.29, 0.717) is 12.3 Å². The molecule has 0 bridgehead atoms. The first-order chi connectivity index (χ1) is 12.8. The first kappa shape index (κ1) is 20.4. The Balaban J connectivity index is 2.03. The highest BCUT2D eigenvalue weighted by atomic mass is 32.2. The van der Waals surface area contributed by atoms with Gasteiger partial charge in [-0.3, -0.25) is 4.79 Å². The Labute approximate surface area is 159 Å². The van der Waals surface area contributed by atoms with Crippen LogP contribution in [0.2, 0.25) is 0 Å². The summed E-state index contributed by atoms with van der Waals surface area (Å²) in [6.45, 7) is 4.02. The molecule has 0 aliphatic carbocycles. The molecular formula is C20H22N2O4S. The van der Waals surface area contributed by atoms with E-state index in [0.717, 1.165) is 15.6 Å². The number of rotatable bonds is 8. The fraction of sp³-hybridized carbons (Fsp3) is 0.150. The van der Waals surface area contributed by atoms with Crippen LogP contribution in [0, 0.1) is 0 Å². The quantitative estimate of drug-likeness (QED) is 0.559. The van der Waals surface area contributed by atoms with Gasteiger partial charge < -0.3 is 10.1 Å². The van der Waals surface area contributed by atoms with Gasteiger partial charge in [-0.2, -0.15) is 0 Å². The third-order valence-corrected chi connectivity index (χ3v) is 5.37. The van der Waals surface area contributed by atoms with Crippen LogP contribution < -0.4 is 10.1 Å². The summed E-state index contributed by atoms with van der Waals surface area (Å²) in [6, 6.07) is 13.4. The Morgan fingerprint density at radius 1 is 1.19 bits per heavy atom. The minimum Gasteiger partial charge on any atom is -0.490 e. The minimum atomic E-state index is -3.56. The maximum atomic E-state index is 12.2. The molecule has 0 saturated carbocycles. The van der Waals surface area contributed by atoms with Gasteiger partial charge in [0.25, 0.3) is 0 Å². The fourth-order valence-electron chi connectivity index (χ4n) is 2.13. The SMILES string of the molecule is C=CCOc1ccc(/C=C/C(=O)Nc2cccc(S(=O)(=O)N(C)C)c2)cc1. The summed E-state index contributed by atoms with van der Waals surface area (Å²) in [4.78, 5) is 12.2. The average Bonchev–Trinajstić information content (AvgIpc) is 2.65. The second-order valence-electron chi connectivity index (χ2n) is 5.81. The van der Waals surface area contributed by atoms with Crippen molar-refractivity contribution in [1.29, 1.82) is 0 Å². The highest BCUT2D eigenvalue weighted by molar-refractivity contribution is 7.89. The second kappa shape index (κ2) is 9.16. The van der Waals surface area contributed by atoms with Gasteiger partial charge in [0.05, 0.1) is 4.90 Å². The van der Waals surface area contributed by atoms with Crippen molar-refractivity contribution < 1.29 is 17.9 Å². The number of sulfonamides is 1. The fourth-order valence-corrected chi connectivity index (χ4v) is 3.08. The molecular weight excluding hydrogens is 364 g/mol. The lowest BCUT2D eigenvalue weighted by Crippen LogP contribution is -2.22. The summed E-state index contributed by atoms with van der Waals surface area (Å²) >= 11 is 0. The molecule has 2 rings (SSSR count). The summed E-state index contributed by atoms with van der Waals surface area (Å²) < 4.78 is 30.8. The van der Waals surface area contributed by atoms with E-state index in [-0.39, 0.29) is 10.8 Å². The summed E-state index contributed by atoms with van der Waals surface area (Å²) in [5, 5.41) is 2.66. The highest BCUT2D eigenvalue weighted by Crippen LogP contribution is 2.18. The molecule has 2 aromatic carbocycles. The molecule has 0 radical (unpaired) electrons. The number of nitrogens with one attached hydrogen (secondary N) is 1. The van der Waals surface area contributed by atoms with Crippen LogP contribution >= 0.6 is 0 Å². The smallest absolute Gasteiger partial charge is 0.248 e. The lowest BCUT2D eigenvalue weighted by molar-refractivity contribution is -0.111. The molecule has 0 aliphatic rings. The van der Waals surface area contributed by atoms with Crippen molar-refractivity contribution in [3.8, 4) is 5.75 Å². The summed E-state index contributed by atoms with van der Waals surface area (Å²) in [7, 11) is -0.645. The van der Waals surface area contributed by atoms with Crippen molar-refractivity contribution >= 4 is 27.7 Å². The Hall–Kier alpha value is -2.90. The van der Waals surface area contributed by atoms with Gasteiger partial charge in [-0.15, -0.1) is 0 Å². The molecule has 27 heavy (non-hydrogen) atoms. The first-order valence-electron chi connectivity index (χ1n) is 8.18. The van der Waals surface area contributed by atoms with Crippen LogP contribution in [0.3, 0.4) is 0 Å². The van der Waals surface area contributed by atoms with E-state index < -0.39 is 10.0 Å². The zero-order valence-electron chi connectivity index (χ0n) is 15.3. The predicted octanol–water partition coefficient (Wildman–Crippen LogP) is 3.15. The molecule has 2 aromatic rings. The molecule has 0 fully saturated rings. The molecule has 0 atom stereocenters. The minimum absolute atomic E-state index is 0.115. The molecule has 0 unspecified atom stereocenters. The number of anilines is 1. The zero-order chi connectivity index (χ0) is 19.9. The van der Waals surface area contributed by atoms with Crippen LogP contribution in [0.5, 0.6) is 5.75 Å². The Kier molecular flexibility index (Phi) is 6.92. The molecule has 0 heterocycles. The van der Waals surface area contributed by atoms with Gasteiger partial charge in [0, 0.05) is 25.9 Å². The number of amides is 1. The van der Waals surface area contributed by atoms with Crippen LogP contribution in [0.4, 0.5) is 5.69 Å². The molecule has 0 spiro atoms. The molecule has 0 saturated heterocycles. The molecule has 6 nitrogen and oxygen atoms in total. The number of benzene rings is 2. The van der Waals surface area contributed by atoms with E-state index in [9.17, 15) is 13.2 Å². The third kappa shape index (κ3) is 5.80. The van der Waals surface area contributed by atoms with Crippen LogP contribution in [0.25, 0.3) is 6.08 Å². The number of ether oxygens (including phenoxy) is 1. The second-order valence-corrected chi connectivity index (χ2v) is 7.96. The molecule has 7 heteroatoms. The highest BCUT2D eigenvalue weighted by Gasteiger charge is 2.17. The van der Waals surface area contributed by atoms with Gasteiger partial charge in [-0.05, 0) is 42.0 Å². The van der Waals surface area contributed by atoms with Crippen LogP contribution in [-0.2, 0) is 14.8 Å². The molecule has 0 aliphatic heterocycles. The van der Waals surface area contributed by atoms with Crippen molar-refractivity contribution in [2.75, 3.05) is 26.0 Å². The zero-order valence-corrected chi connectivity index (χ0v) is 16.1. The predicted molar refractivity (Wildman–Crippen MR) is 107 cm³/mol. The number of carbonyl (C=O) groups excluding carboxylic acids is 1. The maximum Gasteiger partial charge on any atom is 0.248 e. The number of hydrogen-bond acceptors (Lipinski definition) is 4. The van der Waals surface area contributed by atoms with E-state index >= 15 is 0 Å². The first-order valence-corrected chi connectivity index (χ1v) is 9.62. The third-order valence-electron chi connectivity index (χ3n) is 3.56. The summed E-state index contributed by atoms with van der Waals surface area (Å²) in [5.41, 5.74) is 1.24. The van der Waals surface area contributed by atoms with Gasteiger partial charge in [0.1, 0.15) is 12.4 Å². The molecule has 1 amide bonds. The monoisotopic (exact) mass is 386 g/mol. The molecule has 142 valence electrons. The van der Waals surface area contributed by atoms with E-state index in [1.54, 1.807) is 36.4 Å². The Bertz CT molecular complexity index is 933. The van der Waals surface area contributed by atoms with Crippen LogP contribution in [0.1, 0.15) is 5.56 Å². The summed E-state index contributed by atoms with van der Waals surface area (Å²) in [6.07, 6.45) is 4.71. The Morgan fingerprint density at radius 3 is 2.52 bits per heavy atom. The van der Waals surface area contributed by atoms with Gasteiger partial charge in [-0.1, -0.05) is 30.9 Å². The van der Waals surface area contributed by atoms with E-state index in [2.05, 4.69) is 11.9 Å².